The molecular weight excluding hydrogens is 222 g/mol. The monoisotopic (exact) mass is 229 g/mol. The lowest BCUT2D eigenvalue weighted by Gasteiger charge is -2.00. The fourth-order valence-electron chi connectivity index (χ4n) is 1.73. The minimum atomic E-state index is -0.602. The Morgan fingerprint density at radius 3 is 2.76 bits per heavy atom. The van der Waals surface area contributed by atoms with E-state index < -0.39 is 11.2 Å². The summed E-state index contributed by atoms with van der Waals surface area (Å²) in [7, 11) is 0. The zero-order valence-corrected chi connectivity index (χ0v) is 8.52. The molecule has 0 radical (unpaired) electrons. The average Bonchev–Trinajstić information content (AvgIpc) is 2.26. The van der Waals surface area contributed by atoms with Crippen molar-refractivity contribution < 1.29 is 5.11 Å². The quantitative estimate of drug-likeness (QED) is 0.488. The number of benzene rings is 1. The largest absolute Gasteiger partial charge is 0.508 e. The summed E-state index contributed by atoms with van der Waals surface area (Å²) in [4.78, 5) is 31.3. The van der Waals surface area contributed by atoms with Crippen molar-refractivity contribution >= 4 is 21.9 Å². The third-order valence-corrected chi connectivity index (χ3v) is 2.50. The van der Waals surface area contributed by atoms with Gasteiger partial charge in [-0.3, -0.25) is 14.8 Å². The van der Waals surface area contributed by atoms with Gasteiger partial charge in [-0.15, -0.1) is 0 Å². The van der Waals surface area contributed by atoms with Gasteiger partial charge in [0.1, 0.15) is 11.4 Å². The van der Waals surface area contributed by atoms with E-state index in [1.807, 2.05) is 0 Å². The van der Waals surface area contributed by atoms with Gasteiger partial charge in [0, 0.05) is 11.5 Å². The number of nitrogens with one attached hydrogen (secondary N) is 2. The highest BCUT2D eigenvalue weighted by atomic mass is 16.3. The predicted molar refractivity (Wildman–Crippen MR) is 62.2 cm³/mol. The maximum Gasteiger partial charge on any atom is 0.327 e. The molecule has 0 aliphatic carbocycles. The normalized spacial score (nSPS) is 11.1. The molecule has 3 N–H and O–H groups in total. The standard InChI is InChI=1S/C11H7N3O3/c15-6-2-1-5-3-7-9(12-8(5)4-6)13-11(17)14-10(7)16/h1-4,15H,(H2,12,13,14,16,17). The van der Waals surface area contributed by atoms with E-state index in [0.29, 0.717) is 16.3 Å². The highest BCUT2D eigenvalue weighted by Crippen LogP contribution is 2.19. The Morgan fingerprint density at radius 2 is 1.94 bits per heavy atom. The third kappa shape index (κ3) is 1.46. The molecule has 0 saturated heterocycles. The Balaban J connectivity index is 2.56. The summed E-state index contributed by atoms with van der Waals surface area (Å²) in [6.45, 7) is 0. The van der Waals surface area contributed by atoms with Gasteiger partial charge in [-0.1, -0.05) is 0 Å². The molecule has 6 heteroatoms. The number of pyridine rings is 1. The summed E-state index contributed by atoms with van der Waals surface area (Å²) in [5.74, 6) is 0.0801. The van der Waals surface area contributed by atoms with Crippen LogP contribution in [-0.2, 0) is 0 Å². The molecular formula is C11H7N3O3. The molecule has 0 bridgehead atoms. The lowest BCUT2D eigenvalue weighted by Crippen LogP contribution is -2.22. The van der Waals surface area contributed by atoms with Crippen molar-refractivity contribution in [3.63, 3.8) is 0 Å². The van der Waals surface area contributed by atoms with Gasteiger partial charge in [-0.05, 0) is 18.2 Å². The van der Waals surface area contributed by atoms with Crippen LogP contribution in [0.3, 0.4) is 0 Å². The number of phenolic OH excluding ortho intramolecular Hbond substituents is 1. The number of fused-ring (bicyclic) bond motifs is 2. The SMILES string of the molecule is O=c1[nH]c(=O)c2cc3ccc(O)cc3nc2[nH]1. The number of nitrogens with zero attached hydrogens (tertiary/aromatic N) is 1. The summed E-state index contributed by atoms with van der Waals surface area (Å²) < 4.78 is 0. The zero-order chi connectivity index (χ0) is 12.0. The number of hydrogen-bond donors (Lipinski definition) is 3. The van der Waals surface area contributed by atoms with E-state index >= 15 is 0 Å². The first kappa shape index (κ1) is 9.59. The topological polar surface area (TPSA) is 98.8 Å². The van der Waals surface area contributed by atoms with Crippen LogP contribution >= 0.6 is 0 Å². The number of aromatic amines is 2. The molecule has 2 heterocycles. The summed E-state index contributed by atoms with van der Waals surface area (Å²) >= 11 is 0. The van der Waals surface area contributed by atoms with E-state index in [0.717, 1.165) is 0 Å². The van der Waals surface area contributed by atoms with Crippen molar-refractivity contribution in [3.8, 4) is 5.75 Å². The number of H-pyrrole nitrogens is 2. The van der Waals surface area contributed by atoms with Crippen LogP contribution < -0.4 is 11.2 Å². The fourth-order valence-corrected chi connectivity index (χ4v) is 1.73. The molecule has 17 heavy (non-hydrogen) atoms. The maximum atomic E-state index is 11.5. The van der Waals surface area contributed by atoms with E-state index in [2.05, 4.69) is 15.0 Å². The van der Waals surface area contributed by atoms with Gasteiger partial charge in [0.2, 0.25) is 0 Å². The third-order valence-electron chi connectivity index (χ3n) is 2.50. The van der Waals surface area contributed by atoms with Crippen LogP contribution in [0.2, 0.25) is 0 Å². The molecule has 0 amide bonds. The van der Waals surface area contributed by atoms with Crippen LogP contribution in [0.15, 0.2) is 33.9 Å². The van der Waals surface area contributed by atoms with Crippen molar-refractivity contribution in [2.45, 2.75) is 0 Å². The molecule has 0 aliphatic heterocycles. The highest BCUT2D eigenvalue weighted by Gasteiger charge is 2.05. The van der Waals surface area contributed by atoms with Crippen molar-refractivity contribution in [1.29, 1.82) is 0 Å². The van der Waals surface area contributed by atoms with E-state index in [-0.39, 0.29) is 11.4 Å². The van der Waals surface area contributed by atoms with Crippen LogP contribution in [0.5, 0.6) is 5.75 Å². The summed E-state index contributed by atoms with van der Waals surface area (Å²) in [6, 6.07) is 6.25. The second-order valence-corrected chi connectivity index (χ2v) is 3.67. The smallest absolute Gasteiger partial charge is 0.327 e. The summed E-state index contributed by atoms with van der Waals surface area (Å²) in [6.07, 6.45) is 0. The van der Waals surface area contributed by atoms with Gasteiger partial charge < -0.3 is 5.11 Å². The Bertz CT molecular complexity index is 848. The maximum absolute atomic E-state index is 11.5. The van der Waals surface area contributed by atoms with Crippen molar-refractivity contribution in [3.05, 3.63) is 45.1 Å². The molecule has 0 unspecified atom stereocenters. The van der Waals surface area contributed by atoms with Gasteiger partial charge in [-0.2, -0.15) is 0 Å². The van der Waals surface area contributed by atoms with Crippen molar-refractivity contribution in [2.24, 2.45) is 0 Å². The highest BCUT2D eigenvalue weighted by molar-refractivity contribution is 5.90. The lowest BCUT2D eigenvalue weighted by molar-refractivity contribution is 0.476. The van der Waals surface area contributed by atoms with Crippen LogP contribution in [0.1, 0.15) is 0 Å². The van der Waals surface area contributed by atoms with E-state index in [1.54, 1.807) is 12.1 Å². The lowest BCUT2D eigenvalue weighted by atomic mass is 10.2. The molecule has 1 aromatic carbocycles. The Kier molecular flexibility index (Phi) is 1.79. The van der Waals surface area contributed by atoms with Crippen molar-refractivity contribution in [1.82, 2.24) is 15.0 Å². The molecule has 0 saturated carbocycles. The molecule has 0 fully saturated rings. The minimum absolute atomic E-state index is 0.0801. The van der Waals surface area contributed by atoms with E-state index in [1.165, 1.54) is 12.1 Å². The molecule has 3 rings (SSSR count). The first-order chi connectivity index (χ1) is 8.13. The first-order valence-electron chi connectivity index (χ1n) is 4.89. The number of hydrogen-bond acceptors (Lipinski definition) is 4. The number of aromatic hydroxyl groups is 1. The average molecular weight is 229 g/mol. The van der Waals surface area contributed by atoms with Crippen LogP contribution in [0.4, 0.5) is 0 Å². The summed E-state index contributed by atoms with van der Waals surface area (Å²) in [5, 5.41) is 10.4. The van der Waals surface area contributed by atoms with Crippen LogP contribution in [0, 0.1) is 0 Å². The molecule has 0 spiro atoms. The van der Waals surface area contributed by atoms with Crippen LogP contribution in [0.25, 0.3) is 21.9 Å². The molecule has 0 aliphatic rings. The fraction of sp³-hybridized carbons (Fsp3) is 0. The zero-order valence-electron chi connectivity index (χ0n) is 8.52. The van der Waals surface area contributed by atoms with E-state index in [9.17, 15) is 14.7 Å². The molecule has 2 aromatic heterocycles. The number of rotatable bonds is 0. The Labute approximate surface area is 93.6 Å². The summed E-state index contributed by atoms with van der Waals surface area (Å²) in [5.41, 5.74) is -0.365. The van der Waals surface area contributed by atoms with Gasteiger partial charge >= 0.3 is 5.69 Å². The molecule has 0 atom stereocenters. The minimum Gasteiger partial charge on any atom is -0.508 e. The van der Waals surface area contributed by atoms with Gasteiger partial charge in [-0.25, -0.2) is 9.78 Å². The second-order valence-electron chi connectivity index (χ2n) is 3.67. The van der Waals surface area contributed by atoms with Gasteiger partial charge in [0.15, 0.2) is 0 Å². The Hall–Kier alpha value is -2.63. The van der Waals surface area contributed by atoms with Gasteiger partial charge in [0.25, 0.3) is 5.56 Å². The number of phenols is 1. The molecule has 84 valence electrons. The van der Waals surface area contributed by atoms with Crippen LogP contribution in [-0.4, -0.2) is 20.1 Å². The first-order valence-corrected chi connectivity index (χ1v) is 4.89. The molecule has 3 aromatic rings. The number of aromatic nitrogens is 3. The van der Waals surface area contributed by atoms with Crippen molar-refractivity contribution in [2.75, 3.05) is 0 Å². The van der Waals surface area contributed by atoms with E-state index in [4.69, 9.17) is 0 Å². The van der Waals surface area contributed by atoms with Gasteiger partial charge in [0.05, 0.1) is 10.9 Å². The molecule has 6 nitrogen and oxygen atoms in total. The second kappa shape index (κ2) is 3.18. The Morgan fingerprint density at radius 1 is 1.12 bits per heavy atom. The predicted octanol–water partition coefficient (Wildman–Crippen LogP) is 0.470.